The number of aryl methyl sites for hydroxylation is 3. The second-order valence-electron chi connectivity index (χ2n) is 6.10. The molecule has 0 amide bonds. The van der Waals surface area contributed by atoms with Gasteiger partial charge in [0, 0.05) is 5.56 Å². The lowest BCUT2D eigenvalue weighted by atomic mass is 9.97. The third-order valence-corrected chi connectivity index (χ3v) is 4.20. The number of nitrogens with zero attached hydrogens (tertiary/aromatic N) is 2. The number of benzene rings is 2. The van der Waals surface area contributed by atoms with E-state index < -0.39 is 11.8 Å². The minimum Gasteiger partial charge on any atom is -0.478 e. The molecule has 0 spiro atoms. The fraction of sp³-hybridized carbons (Fsp3) is 0.211. The molecule has 0 aliphatic carbocycles. The first-order valence-electron chi connectivity index (χ1n) is 7.74. The summed E-state index contributed by atoms with van der Waals surface area (Å²) in [4.78, 5) is 15.7. The summed E-state index contributed by atoms with van der Waals surface area (Å²) in [5, 5.41) is 13.3. The maximum Gasteiger partial charge on any atom is 0.336 e. The molecule has 128 valence electrons. The number of aromatic nitrogens is 2. The highest BCUT2D eigenvalue weighted by molar-refractivity contribution is 5.93. The molecule has 0 unspecified atom stereocenters. The molecule has 0 bridgehead atoms. The van der Waals surface area contributed by atoms with E-state index in [9.17, 15) is 14.3 Å². The summed E-state index contributed by atoms with van der Waals surface area (Å²) in [6, 6.07) is 6.68. The molecule has 5 nitrogen and oxygen atoms in total. The summed E-state index contributed by atoms with van der Waals surface area (Å²) in [5.74, 6) is -1.14. The van der Waals surface area contributed by atoms with Crippen LogP contribution in [0.15, 0.2) is 28.8 Å². The SMILES string of the molecule is Cc1cc(C)c(-c2nc(-c3ccc(C)c(C(=O)O)c3C)no2)c(F)c1. The Morgan fingerprint density at radius 3 is 2.48 bits per heavy atom. The lowest BCUT2D eigenvalue weighted by Crippen LogP contribution is -2.04. The third kappa shape index (κ3) is 2.91. The molecule has 1 N–H and O–H groups in total. The molecular formula is C19H17FN2O3. The van der Waals surface area contributed by atoms with Crippen molar-refractivity contribution in [2.45, 2.75) is 27.7 Å². The van der Waals surface area contributed by atoms with Gasteiger partial charge >= 0.3 is 5.97 Å². The highest BCUT2D eigenvalue weighted by Crippen LogP contribution is 2.30. The molecule has 1 heterocycles. The maximum atomic E-state index is 14.3. The topological polar surface area (TPSA) is 76.2 Å². The van der Waals surface area contributed by atoms with Gasteiger partial charge in [0.25, 0.3) is 5.89 Å². The molecule has 0 fully saturated rings. The molecule has 0 atom stereocenters. The minimum absolute atomic E-state index is 0.0712. The van der Waals surface area contributed by atoms with Crippen molar-refractivity contribution >= 4 is 5.97 Å². The van der Waals surface area contributed by atoms with Crippen molar-refractivity contribution in [2.24, 2.45) is 0 Å². The van der Waals surface area contributed by atoms with Gasteiger partial charge in [0.05, 0.1) is 11.1 Å². The predicted octanol–water partition coefficient (Wildman–Crippen LogP) is 4.47. The first-order valence-corrected chi connectivity index (χ1v) is 7.74. The van der Waals surface area contributed by atoms with Crippen LogP contribution in [0, 0.1) is 33.5 Å². The van der Waals surface area contributed by atoms with Crippen LogP contribution in [0.5, 0.6) is 0 Å². The van der Waals surface area contributed by atoms with Gasteiger partial charge in [0.1, 0.15) is 5.82 Å². The molecule has 3 rings (SSSR count). The second kappa shape index (κ2) is 6.12. The fourth-order valence-corrected chi connectivity index (χ4v) is 3.04. The van der Waals surface area contributed by atoms with E-state index in [-0.39, 0.29) is 22.8 Å². The molecule has 0 aliphatic rings. The lowest BCUT2D eigenvalue weighted by molar-refractivity contribution is 0.0695. The number of carboxylic acids is 1. The van der Waals surface area contributed by atoms with E-state index in [1.807, 2.05) is 13.0 Å². The Hall–Kier alpha value is -3.02. The number of hydrogen-bond donors (Lipinski definition) is 1. The molecule has 2 aromatic carbocycles. The van der Waals surface area contributed by atoms with Crippen LogP contribution in [-0.2, 0) is 0 Å². The number of rotatable bonds is 3. The van der Waals surface area contributed by atoms with Crippen LogP contribution in [0.1, 0.15) is 32.6 Å². The van der Waals surface area contributed by atoms with Gasteiger partial charge in [-0.1, -0.05) is 23.4 Å². The molecular weight excluding hydrogens is 323 g/mol. The third-order valence-electron chi connectivity index (χ3n) is 4.20. The molecule has 0 aliphatic heterocycles. The first kappa shape index (κ1) is 16.8. The van der Waals surface area contributed by atoms with E-state index in [1.165, 1.54) is 6.07 Å². The van der Waals surface area contributed by atoms with Gasteiger partial charge in [-0.2, -0.15) is 4.98 Å². The van der Waals surface area contributed by atoms with Gasteiger partial charge in [0.15, 0.2) is 0 Å². The summed E-state index contributed by atoms with van der Waals surface area (Å²) in [6.07, 6.45) is 0. The van der Waals surface area contributed by atoms with Gasteiger partial charge in [-0.15, -0.1) is 0 Å². The molecule has 25 heavy (non-hydrogen) atoms. The number of carbonyl (C=O) groups is 1. The predicted molar refractivity (Wildman–Crippen MR) is 91.0 cm³/mol. The molecule has 3 aromatic rings. The number of carboxylic acid groups (broad SMARTS) is 1. The van der Waals surface area contributed by atoms with Crippen molar-refractivity contribution in [1.29, 1.82) is 0 Å². The van der Waals surface area contributed by atoms with Crippen LogP contribution < -0.4 is 0 Å². The number of halogens is 1. The Morgan fingerprint density at radius 2 is 1.84 bits per heavy atom. The second-order valence-corrected chi connectivity index (χ2v) is 6.10. The number of hydrogen-bond acceptors (Lipinski definition) is 4. The average Bonchev–Trinajstić information content (AvgIpc) is 2.95. The van der Waals surface area contributed by atoms with Crippen LogP contribution in [0.2, 0.25) is 0 Å². The van der Waals surface area contributed by atoms with E-state index >= 15 is 0 Å². The molecule has 0 saturated carbocycles. The zero-order valence-corrected chi connectivity index (χ0v) is 14.3. The van der Waals surface area contributed by atoms with E-state index in [4.69, 9.17) is 4.52 Å². The summed E-state index contributed by atoms with van der Waals surface area (Å²) in [7, 11) is 0. The van der Waals surface area contributed by atoms with Gasteiger partial charge in [-0.3, -0.25) is 0 Å². The van der Waals surface area contributed by atoms with Crippen molar-refractivity contribution in [2.75, 3.05) is 0 Å². The Morgan fingerprint density at radius 1 is 1.12 bits per heavy atom. The van der Waals surface area contributed by atoms with Crippen LogP contribution in [0.4, 0.5) is 4.39 Å². The van der Waals surface area contributed by atoms with Crippen molar-refractivity contribution in [3.8, 4) is 22.8 Å². The zero-order chi connectivity index (χ0) is 18.3. The van der Waals surface area contributed by atoms with Crippen LogP contribution >= 0.6 is 0 Å². The Bertz CT molecular complexity index is 969. The monoisotopic (exact) mass is 340 g/mol. The van der Waals surface area contributed by atoms with Gasteiger partial charge in [0.2, 0.25) is 5.82 Å². The summed E-state index contributed by atoms with van der Waals surface area (Å²) >= 11 is 0. The van der Waals surface area contributed by atoms with Gasteiger partial charge in [-0.05, 0) is 56.0 Å². The van der Waals surface area contributed by atoms with Crippen molar-refractivity contribution in [1.82, 2.24) is 10.1 Å². The smallest absolute Gasteiger partial charge is 0.336 e. The Balaban J connectivity index is 2.13. The highest BCUT2D eigenvalue weighted by Gasteiger charge is 2.21. The van der Waals surface area contributed by atoms with Crippen molar-refractivity contribution in [3.63, 3.8) is 0 Å². The summed E-state index contributed by atoms with van der Waals surface area (Å²) in [5.41, 5.74) is 3.70. The van der Waals surface area contributed by atoms with Gasteiger partial charge in [-0.25, -0.2) is 9.18 Å². The Labute approximate surface area is 144 Å². The quantitative estimate of drug-likeness (QED) is 0.761. The Kier molecular flexibility index (Phi) is 4.12. The van der Waals surface area contributed by atoms with Crippen LogP contribution in [0.3, 0.4) is 0 Å². The minimum atomic E-state index is -1.01. The van der Waals surface area contributed by atoms with Crippen LogP contribution in [-0.4, -0.2) is 21.2 Å². The highest BCUT2D eigenvalue weighted by atomic mass is 19.1. The maximum absolute atomic E-state index is 14.3. The molecule has 0 radical (unpaired) electrons. The van der Waals surface area contributed by atoms with Crippen LogP contribution in [0.25, 0.3) is 22.8 Å². The van der Waals surface area contributed by atoms with Crippen molar-refractivity contribution in [3.05, 3.63) is 57.9 Å². The van der Waals surface area contributed by atoms with E-state index in [1.54, 1.807) is 32.9 Å². The molecule has 0 saturated heterocycles. The zero-order valence-electron chi connectivity index (χ0n) is 14.3. The molecule has 1 aromatic heterocycles. The van der Waals surface area contributed by atoms with Crippen molar-refractivity contribution < 1.29 is 18.8 Å². The number of aromatic carboxylic acids is 1. The average molecular weight is 340 g/mol. The summed E-state index contributed by atoms with van der Waals surface area (Å²) < 4.78 is 19.5. The van der Waals surface area contributed by atoms with E-state index in [2.05, 4.69) is 10.1 Å². The standard InChI is InChI=1S/C19H17FN2O3/c1-9-7-11(3)16(14(20)8-9)18-21-17(22-25-18)13-6-5-10(2)15(12(13)4)19(23)24/h5-8H,1-4H3,(H,23,24). The van der Waals surface area contributed by atoms with E-state index in [0.717, 1.165) is 5.56 Å². The first-order chi connectivity index (χ1) is 11.8. The largest absolute Gasteiger partial charge is 0.478 e. The fourth-order valence-electron chi connectivity index (χ4n) is 3.04. The lowest BCUT2D eigenvalue weighted by Gasteiger charge is -2.08. The summed E-state index contributed by atoms with van der Waals surface area (Å²) in [6.45, 7) is 7.00. The van der Waals surface area contributed by atoms with E-state index in [0.29, 0.717) is 22.3 Å². The normalized spacial score (nSPS) is 10.9. The molecule has 6 heteroatoms. The van der Waals surface area contributed by atoms with Gasteiger partial charge < -0.3 is 9.63 Å².